The number of pyridine rings is 1. The van der Waals surface area contributed by atoms with Gasteiger partial charge in [0.2, 0.25) is 5.88 Å². The van der Waals surface area contributed by atoms with Crippen molar-refractivity contribution in [3.05, 3.63) is 52.6 Å². The Hall–Kier alpha value is -1.14. The zero-order valence-electron chi connectivity index (χ0n) is 13.9. The number of halogens is 2. The van der Waals surface area contributed by atoms with Crippen LogP contribution in [0.2, 0.25) is 0 Å². The molecule has 1 atom stereocenters. The van der Waals surface area contributed by atoms with Crippen LogP contribution in [0.5, 0.6) is 11.6 Å². The summed E-state index contributed by atoms with van der Waals surface area (Å²) in [7, 11) is 0. The topological polar surface area (TPSA) is 43.4 Å². The molecule has 2 aliphatic rings. The van der Waals surface area contributed by atoms with Gasteiger partial charge in [-0.05, 0) is 72.0 Å². The van der Waals surface area contributed by atoms with Gasteiger partial charge in [0.05, 0.1) is 12.2 Å². The number of piperidine rings is 1. The zero-order chi connectivity index (χ0) is 16.4. The number of aromatic nitrogens is 1. The van der Waals surface area contributed by atoms with Gasteiger partial charge in [-0.15, -0.1) is 12.4 Å². The van der Waals surface area contributed by atoms with Crippen molar-refractivity contribution < 1.29 is 9.47 Å². The highest BCUT2D eigenvalue weighted by Gasteiger charge is 2.41. The van der Waals surface area contributed by atoms with Gasteiger partial charge in [0, 0.05) is 22.7 Å². The summed E-state index contributed by atoms with van der Waals surface area (Å²) < 4.78 is 13.1. The van der Waals surface area contributed by atoms with Crippen LogP contribution in [-0.4, -0.2) is 30.3 Å². The maximum absolute atomic E-state index is 6.22. The molecule has 1 aromatic heterocycles. The minimum Gasteiger partial charge on any atom is -0.439 e. The predicted molar refractivity (Wildman–Crippen MR) is 104 cm³/mol. The molecule has 0 aliphatic carbocycles. The summed E-state index contributed by atoms with van der Waals surface area (Å²) in [6, 6.07) is 12.1. The first-order chi connectivity index (χ1) is 11.7. The Morgan fingerprint density at radius 3 is 2.80 bits per heavy atom. The molecule has 4 nitrogen and oxygen atoms in total. The van der Waals surface area contributed by atoms with Gasteiger partial charge in [-0.25, -0.2) is 4.98 Å². The molecule has 0 amide bonds. The molecule has 0 unspecified atom stereocenters. The van der Waals surface area contributed by atoms with Gasteiger partial charge in [0.15, 0.2) is 0 Å². The van der Waals surface area contributed by atoms with Gasteiger partial charge in [-0.1, -0.05) is 12.1 Å². The van der Waals surface area contributed by atoms with E-state index in [4.69, 9.17) is 9.47 Å². The fourth-order valence-electron chi connectivity index (χ4n) is 3.66. The van der Waals surface area contributed by atoms with E-state index in [2.05, 4.69) is 44.4 Å². The van der Waals surface area contributed by atoms with Crippen molar-refractivity contribution >= 4 is 28.3 Å². The molecule has 4 rings (SSSR count). The summed E-state index contributed by atoms with van der Waals surface area (Å²) in [6.07, 6.45) is 5.07. The van der Waals surface area contributed by atoms with E-state index in [1.165, 1.54) is 5.56 Å². The number of ether oxygens (including phenoxy) is 2. The van der Waals surface area contributed by atoms with E-state index in [0.717, 1.165) is 49.2 Å². The third kappa shape index (κ3) is 4.34. The van der Waals surface area contributed by atoms with Gasteiger partial charge < -0.3 is 14.8 Å². The van der Waals surface area contributed by atoms with E-state index in [1.54, 1.807) is 6.20 Å². The largest absolute Gasteiger partial charge is 0.439 e. The van der Waals surface area contributed by atoms with Crippen LogP contribution in [0.3, 0.4) is 0 Å². The molecule has 134 valence electrons. The highest BCUT2D eigenvalue weighted by atomic mass is 79.9. The number of hydrogen-bond donors (Lipinski definition) is 1. The van der Waals surface area contributed by atoms with Crippen molar-refractivity contribution in [2.75, 3.05) is 19.7 Å². The van der Waals surface area contributed by atoms with E-state index >= 15 is 0 Å². The second-order valence-electron chi connectivity index (χ2n) is 6.63. The maximum atomic E-state index is 6.22. The third-order valence-corrected chi connectivity index (χ3v) is 5.45. The molecule has 0 bridgehead atoms. The van der Waals surface area contributed by atoms with E-state index in [-0.39, 0.29) is 18.0 Å². The quantitative estimate of drug-likeness (QED) is 0.775. The van der Waals surface area contributed by atoms with Crippen molar-refractivity contribution in [3.63, 3.8) is 0 Å². The number of nitrogens with zero attached hydrogens (tertiary/aromatic N) is 1. The van der Waals surface area contributed by atoms with E-state index < -0.39 is 0 Å². The van der Waals surface area contributed by atoms with E-state index in [9.17, 15) is 0 Å². The lowest BCUT2D eigenvalue weighted by Crippen LogP contribution is -2.41. The first-order valence-electron chi connectivity index (χ1n) is 8.47. The average molecular weight is 426 g/mol. The lowest BCUT2D eigenvalue weighted by molar-refractivity contribution is -0.0193. The Labute approximate surface area is 162 Å². The van der Waals surface area contributed by atoms with E-state index in [0.29, 0.717) is 11.8 Å². The molecular weight excluding hydrogens is 404 g/mol. The normalized spacial score (nSPS) is 21.7. The first-order valence-corrected chi connectivity index (χ1v) is 9.26. The van der Waals surface area contributed by atoms with Gasteiger partial charge in [0.25, 0.3) is 0 Å². The molecule has 1 aromatic carbocycles. The van der Waals surface area contributed by atoms with Crippen molar-refractivity contribution in [2.45, 2.75) is 30.8 Å². The van der Waals surface area contributed by atoms with Crippen molar-refractivity contribution in [2.24, 2.45) is 0 Å². The van der Waals surface area contributed by atoms with Gasteiger partial charge in [-0.3, -0.25) is 0 Å². The fourth-order valence-corrected chi connectivity index (χ4v) is 3.90. The molecule has 2 aromatic rings. The number of nitrogens with one attached hydrogen (secondary N) is 1. The smallest absolute Gasteiger partial charge is 0.219 e. The summed E-state index contributed by atoms with van der Waals surface area (Å²) in [5, 5.41) is 3.42. The van der Waals surface area contributed by atoms with Crippen LogP contribution in [0.1, 0.15) is 30.7 Å². The number of hydrogen-bond acceptors (Lipinski definition) is 4. The minimum absolute atomic E-state index is 0. The predicted octanol–water partition coefficient (Wildman–Crippen LogP) is 4.68. The summed E-state index contributed by atoms with van der Waals surface area (Å²) in [6.45, 7) is 2.93. The van der Waals surface area contributed by atoms with Gasteiger partial charge in [0.1, 0.15) is 5.75 Å². The zero-order valence-corrected chi connectivity index (χ0v) is 16.3. The molecule has 2 aliphatic heterocycles. The Morgan fingerprint density at radius 2 is 2.04 bits per heavy atom. The standard InChI is InChI=1S/C19H21BrN2O2.ClH/c20-16-4-5-18(22-12-16)24-17-3-1-2-14(10-17)15-11-19(23-13-15)6-8-21-9-7-19;/h1-5,10,12,15,21H,6-9,11,13H2;1H/t15-;/m0./s1. The number of benzene rings is 1. The Morgan fingerprint density at radius 1 is 1.20 bits per heavy atom. The molecule has 0 saturated carbocycles. The highest BCUT2D eigenvalue weighted by Crippen LogP contribution is 2.42. The minimum atomic E-state index is 0. The molecule has 25 heavy (non-hydrogen) atoms. The van der Waals surface area contributed by atoms with Crippen LogP contribution in [-0.2, 0) is 4.74 Å². The summed E-state index contributed by atoms with van der Waals surface area (Å²) in [5.74, 6) is 1.88. The van der Waals surface area contributed by atoms with Crippen molar-refractivity contribution in [3.8, 4) is 11.6 Å². The van der Waals surface area contributed by atoms with Crippen LogP contribution < -0.4 is 10.1 Å². The van der Waals surface area contributed by atoms with Crippen LogP contribution in [0.4, 0.5) is 0 Å². The third-order valence-electron chi connectivity index (χ3n) is 4.98. The van der Waals surface area contributed by atoms with Crippen LogP contribution in [0, 0.1) is 0 Å². The molecule has 6 heteroatoms. The summed E-state index contributed by atoms with van der Waals surface area (Å²) >= 11 is 3.39. The van der Waals surface area contributed by atoms with E-state index in [1.807, 2.05) is 18.2 Å². The molecular formula is C19H22BrClN2O2. The summed E-state index contributed by atoms with van der Waals surface area (Å²) in [4.78, 5) is 4.27. The monoisotopic (exact) mass is 424 g/mol. The Bertz CT molecular complexity index is 705. The second kappa shape index (κ2) is 8.04. The summed E-state index contributed by atoms with van der Waals surface area (Å²) in [5.41, 5.74) is 1.38. The second-order valence-corrected chi connectivity index (χ2v) is 7.55. The van der Waals surface area contributed by atoms with Crippen LogP contribution >= 0.6 is 28.3 Å². The molecule has 1 spiro atoms. The molecule has 1 N–H and O–H groups in total. The molecule has 2 saturated heterocycles. The fraction of sp³-hybridized carbons (Fsp3) is 0.421. The number of rotatable bonds is 3. The molecule has 0 radical (unpaired) electrons. The van der Waals surface area contributed by atoms with Crippen molar-refractivity contribution in [1.82, 2.24) is 10.3 Å². The lowest BCUT2D eigenvalue weighted by Gasteiger charge is -2.33. The molecule has 3 heterocycles. The Balaban J connectivity index is 0.00000182. The van der Waals surface area contributed by atoms with Gasteiger partial charge >= 0.3 is 0 Å². The SMILES string of the molecule is Brc1ccc(Oc2cccc([C@@H]3COC4(CCNCC4)C3)c2)nc1.Cl. The lowest BCUT2D eigenvalue weighted by atomic mass is 9.84. The first kappa shape index (κ1) is 18.6. The van der Waals surface area contributed by atoms with Crippen LogP contribution in [0.25, 0.3) is 0 Å². The van der Waals surface area contributed by atoms with Crippen LogP contribution in [0.15, 0.2) is 47.1 Å². The molecule has 2 fully saturated rings. The van der Waals surface area contributed by atoms with Gasteiger partial charge in [-0.2, -0.15) is 0 Å². The Kier molecular flexibility index (Phi) is 6.00. The van der Waals surface area contributed by atoms with Crippen molar-refractivity contribution in [1.29, 1.82) is 0 Å². The highest BCUT2D eigenvalue weighted by molar-refractivity contribution is 9.10. The average Bonchev–Trinajstić information content (AvgIpc) is 3.01. The maximum Gasteiger partial charge on any atom is 0.219 e.